The van der Waals surface area contributed by atoms with Crippen LogP contribution in [-0.4, -0.2) is 4.98 Å². The first-order valence-electron chi connectivity index (χ1n) is 2.73. The van der Waals surface area contributed by atoms with Crippen LogP contribution in [0.5, 0.6) is 0 Å². The van der Waals surface area contributed by atoms with Crippen molar-refractivity contribution in [2.24, 2.45) is 0 Å². The van der Waals surface area contributed by atoms with Crippen molar-refractivity contribution < 1.29 is 0 Å². The maximum Gasteiger partial charge on any atom is 0.272 e. The number of hydrogen-bond donors (Lipinski definition) is 0. The minimum absolute atomic E-state index is 0.421. The van der Waals surface area contributed by atoms with Crippen LogP contribution in [0.2, 0.25) is 5.02 Å². The highest BCUT2D eigenvalue weighted by molar-refractivity contribution is 6.30. The highest BCUT2D eigenvalue weighted by atomic mass is 35.5. The van der Waals surface area contributed by atoms with E-state index in [1.165, 1.54) is 6.20 Å². The molecule has 0 radical (unpaired) electrons. The predicted molar refractivity (Wildman–Crippen MR) is 40.2 cm³/mol. The highest BCUT2D eigenvalue weighted by Gasteiger charge is 1.98. The van der Waals surface area contributed by atoms with E-state index >= 15 is 0 Å². The molecule has 0 aliphatic carbocycles. The SMILES string of the molecule is [C-]#[N+]c1ncc(Cl)cc1C. The third-order valence-corrected chi connectivity index (χ3v) is 1.33. The van der Waals surface area contributed by atoms with Gasteiger partial charge in [0.15, 0.2) is 0 Å². The minimum atomic E-state index is 0.421. The molecule has 50 valence electrons. The number of aryl methyl sites for hydroxylation is 1. The van der Waals surface area contributed by atoms with Crippen molar-refractivity contribution in [1.82, 2.24) is 4.98 Å². The van der Waals surface area contributed by atoms with Crippen molar-refractivity contribution in [3.05, 3.63) is 34.3 Å². The first-order chi connectivity index (χ1) is 4.74. The first kappa shape index (κ1) is 7.04. The maximum atomic E-state index is 6.67. The predicted octanol–water partition coefficient (Wildman–Crippen LogP) is 2.59. The normalized spacial score (nSPS) is 8.90. The maximum absolute atomic E-state index is 6.67. The van der Waals surface area contributed by atoms with Gasteiger partial charge < -0.3 is 4.85 Å². The quantitative estimate of drug-likeness (QED) is 0.523. The lowest BCUT2D eigenvalue weighted by Crippen LogP contribution is -1.76. The van der Waals surface area contributed by atoms with E-state index in [9.17, 15) is 0 Å². The third-order valence-electron chi connectivity index (χ3n) is 1.12. The largest absolute Gasteiger partial charge is 0.360 e. The number of aromatic nitrogens is 1. The molecule has 0 aliphatic rings. The molecule has 0 aromatic carbocycles. The van der Waals surface area contributed by atoms with Crippen LogP contribution >= 0.6 is 11.6 Å². The third kappa shape index (κ3) is 1.26. The summed E-state index contributed by atoms with van der Waals surface area (Å²) >= 11 is 5.61. The van der Waals surface area contributed by atoms with Gasteiger partial charge in [-0.25, -0.2) is 0 Å². The minimum Gasteiger partial charge on any atom is -0.360 e. The molecule has 0 atom stereocenters. The Hall–Kier alpha value is -1.07. The van der Waals surface area contributed by atoms with Crippen LogP contribution in [0.25, 0.3) is 4.85 Å². The Bertz CT molecular complexity index is 288. The van der Waals surface area contributed by atoms with Crippen molar-refractivity contribution in [1.29, 1.82) is 0 Å². The molecule has 0 aliphatic heterocycles. The average Bonchev–Trinajstić information content (AvgIpc) is 1.88. The lowest BCUT2D eigenvalue weighted by atomic mass is 10.3. The Labute approximate surface area is 64.3 Å². The van der Waals surface area contributed by atoms with Crippen LogP contribution < -0.4 is 0 Å². The van der Waals surface area contributed by atoms with Crippen molar-refractivity contribution in [3.63, 3.8) is 0 Å². The number of pyridine rings is 1. The van der Waals surface area contributed by atoms with Gasteiger partial charge in [0.2, 0.25) is 0 Å². The molecular formula is C7H5ClN2. The second-order valence-electron chi connectivity index (χ2n) is 1.91. The fourth-order valence-electron chi connectivity index (χ4n) is 0.650. The first-order valence-corrected chi connectivity index (χ1v) is 3.11. The Morgan fingerprint density at radius 3 is 2.90 bits per heavy atom. The molecule has 0 bridgehead atoms. The van der Waals surface area contributed by atoms with E-state index in [1.807, 2.05) is 6.92 Å². The van der Waals surface area contributed by atoms with Crippen LogP contribution in [-0.2, 0) is 0 Å². The van der Waals surface area contributed by atoms with E-state index in [-0.39, 0.29) is 0 Å². The summed E-state index contributed by atoms with van der Waals surface area (Å²) in [6.07, 6.45) is 1.47. The molecule has 3 heteroatoms. The summed E-state index contributed by atoms with van der Waals surface area (Å²) in [6, 6.07) is 1.72. The smallest absolute Gasteiger partial charge is 0.272 e. The molecule has 2 nitrogen and oxygen atoms in total. The molecular weight excluding hydrogens is 148 g/mol. The molecule has 0 N–H and O–H groups in total. The Morgan fingerprint density at radius 1 is 1.70 bits per heavy atom. The summed E-state index contributed by atoms with van der Waals surface area (Å²) in [5, 5.41) is 0.574. The second-order valence-corrected chi connectivity index (χ2v) is 2.34. The molecule has 0 saturated carbocycles. The summed E-state index contributed by atoms with van der Waals surface area (Å²) in [6.45, 7) is 8.49. The number of halogens is 1. The molecule has 0 unspecified atom stereocenters. The summed E-state index contributed by atoms with van der Waals surface area (Å²) in [5.41, 5.74) is 0.822. The lowest BCUT2D eigenvalue weighted by Gasteiger charge is -1.92. The van der Waals surface area contributed by atoms with Crippen molar-refractivity contribution in [2.45, 2.75) is 6.92 Å². The van der Waals surface area contributed by atoms with E-state index in [1.54, 1.807) is 6.07 Å². The monoisotopic (exact) mass is 152 g/mol. The van der Waals surface area contributed by atoms with Gasteiger partial charge in [-0.2, -0.15) is 0 Å². The van der Waals surface area contributed by atoms with Crippen LogP contribution in [0, 0.1) is 13.5 Å². The van der Waals surface area contributed by atoms with E-state index in [0.717, 1.165) is 5.56 Å². The molecule has 1 rings (SSSR count). The van der Waals surface area contributed by atoms with Crippen LogP contribution in [0.4, 0.5) is 5.82 Å². The van der Waals surface area contributed by atoms with E-state index in [2.05, 4.69) is 9.83 Å². The molecule has 0 saturated heterocycles. The van der Waals surface area contributed by atoms with Crippen molar-refractivity contribution >= 4 is 17.4 Å². The van der Waals surface area contributed by atoms with Gasteiger partial charge in [-0.3, -0.25) is 0 Å². The Morgan fingerprint density at radius 2 is 2.40 bits per heavy atom. The standard InChI is InChI=1S/C7H5ClN2/c1-5-3-6(8)4-10-7(5)9-2/h3-4H,1H3. The van der Waals surface area contributed by atoms with Gasteiger partial charge in [0.05, 0.1) is 5.02 Å². The van der Waals surface area contributed by atoms with Gasteiger partial charge in [-0.15, -0.1) is 4.98 Å². The van der Waals surface area contributed by atoms with Crippen molar-refractivity contribution in [3.8, 4) is 0 Å². The van der Waals surface area contributed by atoms with Crippen LogP contribution in [0.1, 0.15) is 5.56 Å². The van der Waals surface area contributed by atoms with E-state index in [0.29, 0.717) is 10.8 Å². The fraction of sp³-hybridized carbons (Fsp3) is 0.143. The van der Waals surface area contributed by atoms with Gasteiger partial charge in [0.1, 0.15) is 6.20 Å². The average molecular weight is 153 g/mol. The molecule has 0 amide bonds. The summed E-state index contributed by atoms with van der Waals surface area (Å²) < 4.78 is 0. The zero-order valence-corrected chi connectivity index (χ0v) is 6.18. The molecule has 10 heavy (non-hydrogen) atoms. The lowest BCUT2D eigenvalue weighted by molar-refractivity contribution is 1.30. The zero-order chi connectivity index (χ0) is 7.56. The number of hydrogen-bond acceptors (Lipinski definition) is 1. The molecule has 1 heterocycles. The van der Waals surface area contributed by atoms with Gasteiger partial charge >= 0.3 is 0 Å². The summed E-state index contributed by atoms with van der Waals surface area (Å²) in [5.74, 6) is 0.421. The van der Waals surface area contributed by atoms with Crippen molar-refractivity contribution in [2.75, 3.05) is 0 Å². The molecule has 0 fully saturated rings. The Balaban J connectivity index is 3.23. The molecule has 0 spiro atoms. The zero-order valence-electron chi connectivity index (χ0n) is 5.43. The highest BCUT2D eigenvalue weighted by Crippen LogP contribution is 2.17. The van der Waals surface area contributed by atoms with E-state index < -0.39 is 0 Å². The Kier molecular flexibility index (Phi) is 1.88. The van der Waals surface area contributed by atoms with Crippen LogP contribution in [0.3, 0.4) is 0 Å². The summed E-state index contributed by atoms with van der Waals surface area (Å²) in [4.78, 5) is 7.00. The summed E-state index contributed by atoms with van der Waals surface area (Å²) in [7, 11) is 0. The van der Waals surface area contributed by atoms with E-state index in [4.69, 9.17) is 18.2 Å². The molecule has 1 aromatic heterocycles. The topological polar surface area (TPSA) is 17.2 Å². The second kappa shape index (κ2) is 2.68. The van der Waals surface area contributed by atoms with Crippen LogP contribution in [0.15, 0.2) is 12.3 Å². The van der Waals surface area contributed by atoms with Gasteiger partial charge in [0, 0.05) is 0 Å². The van der Waals surface area contributed by atoms with Gasteiger partial charge in [-0.05, 0) is 18.6 Å². The number of nitrogens with zero attached hydrogens (tertiary/aromatic N) is 2. The fourth-order valence-corrected chi connectivity index (χ4v) is 0.863. The molecule has 1 aromatic rings. The van der Waals surface area contributed by atoms with Gasteiger partial charge in [0.25, 0.3) is 5.82 Å². The van der Waals surface area contributed by atoms with Gasteiger partial charge in [-0.1, -0.05) is 18.2 Å². The number of rotatable bonds is 0.